The summed E-state index contributed by atoms with van der Waals surface area (Å²) in [6.07, 6.45) is 0. The maximum absolute atomic E-state index is 14.3. The summed E-state index contributed by atoms with van der Waals surface area (Å²) in [6, 6.07) is 3.57. The number of methoxy groups -OCH3 is 1. The fourth-order valence-corrected chi connectivity index (χ4v) is 2.26. The van der Waals surface area contributed by atoms with Gasteiger partial charge in [-0.15, -0.1) is 0 Å². The van der Waals surface area contributed by atoms with Gasteiger partial charge >= 0.3 is 5.97 Å². The molecule has 0 aliphatic carbocycles. The molecule has 0 spiro atoms. The van der Waals surface area contributed by atoms with Crippen LogP contribution in [0.3, 0.4) is 0 Å². The average molecular weight is 355 g/mol. The molecule has 2 aromatic rings. The fraction of sp³-hybridized carbons (Fsp3) is 0.188. The Bertz CT molecular complexity index is 841. The van der Waals surface area contributed by atoms with Crippen LogP contribution in [0.2, 0.25) is 5.02 Å². The van der Waals surface area contributed by atoms with E-state index in [0.29, 0.717) is 0 Å². The average Bonchev–Trinajstić information content (AvgIpc) is 2.53. The minimum Gasteiger partial charge on any atom is -0.464 e. The van der Waals surface area contributed by atoms with Crippen molar-refractivity contribution in [2.45, 2.75) is 13.8 Å². The van der Waals surface area contributed by atoms with E-state index < -0.39 is 23.5 Å². The molecule has 1 N–H and O–H groups in total. The molecule has 0 saturated heterocycles. The third-order valence-corrected chi connectivity index (χ3v) is 3.63. The van der Waals surface area contributed by atoms with Crippen molar-refractivity contribution >= 4 is 29.2 Å². The van der Waals surface area contributed by atoms with Crippen LogP contribution in [0, 0.1) is 18.6 Å². The third kappa shape index (κ3) is 3.35. The second kappa shape index (κ2) is 6.92. The van der Waals surface area contributed by atoms with Crippen LogP contribution in [-0.4, -0.2) is 24.0 Å². The number of halogens is 3. The first-order valence-electron chi connectivity index (χ1n) is 6.77. The van der Waals surface area contributed by atoms with Gasteiger partial charge in [-0.3, -0.25) is 4.79 Å². The van der Waals surface area contributed by atoms with Gasteiger partial charge in [0, 0.05) is 18.1 Å². The van der Waals surface area contributed by atoms with E-state index in [9.17, 15) is 18.4 Å². The highest BCUT2D eigenvalue weighted by molar-refractivity contribution is 6.36. The first-order valence-corrected chi connectivity index (χ1v) is 7.15. The molecule has 0 bridgehead atoms. The number of nitrogens with zero attached hydrogens (tertiary/aromatic N) is 1. The molecular formula is C16H13ClF2N2O3. The molecule has 0 fully saturated rings. The zero-order valence-corrected chi connectivity index (χ0v) is 13.8. The van der Waals surface area contributed by atoms with Crippen molar-refractivity contribution in [3.05, 3.63) is 46.1 Å². The number of anilines is 1. The van der Waals surface area contributed by atoms with E-state index in [4.69, 9.17) is 11.6 Å². The molecule has 0 radical (unpaired) electrons. The van der Waals surface area contributed by atoms with Gasteiger partial charge in [0.25, 0.3) is 0 Å². The summed E-state index contributed by atoms with van der Waals surface area (Å²) in [5.74, 6) is -2.83. The first kappa shape index (κ1) is 17.8. The fourth-order valence-electron chi connectivity index (χ4n) is 2.04. The Hall–Kier alpha value is -2.54. The maximum atomic E-state index is 14.3. The molecule has 1 aromatic carbocycles. The predicted octanol–water partition coefficient (Wildman–Crippen LogP) is 3.73. The van der Waals surface area contributed by atoms with E-state index in [1.807, 2.05) is 0 Å². The van der Waals surface area contributed by atoms with Gasteiger partial charge in [0.15, 0.2) is 5.69 Å². The molecule has 1 amide bonds. The lowest BCUT2D eigenvalue weighted by Gasteiger charge is -2.13. The number of pyridine rings is 1. The summed E-state index contributed by atoms with van der Waals surface area (Å²) in [4.78, 5) is 27.1. The number of hydrogen-bond acceptors (Lipinski definition) is 4. The van der Waals surface area contributed by atoms with Crippen LogP contribution >= 0.6 is 11.6 Å². The minimum absolute atomic E-state index is 0.00384. The Morgan fingerprint density at radius 3 is 2.54 bits per heavy atom. The first-order chi connectivity index (χ1) is 11.3. The summed E-state index contributed by atoms with van der Waals surface area (Å²) in [7, 11) is 1.13. The molecule has 1 heterocycles. The Balaban J connectivity index is 2.72. The van der Waals surface area contributed by atoms with Crippen LogP contribution in [0.1, 0.15) is 23.0 Å². The van der Waals surface area contributed by atoms with Gasteiger partial charge in [-0.05, 0) is 25.1 Å². The largest absolute Gasteiger partial charge is 0.464 e. The van der Waals surface area contributed by atoms with Crippen molar-refractivity contribution in [1.29, 1.82) is 0 Å². The third-order valence-electron chi connectivity index (χ3n) is 3.24. The lowest BCUT2D eigenvalue weighted by atomic mass is 10.1. The van der Waals surface area contributed by atoms with Gasteiger partial charge in [-0.2, -0.15) is 0 Å². The van der Waals surface area contributed by atoms with Crippen LogP contribution < -0.4 is 5.32 Å². The van der Waals surface area contributed by atoms with Crippen LogP contribution in [0.25, 0.3) is 11.3 Å². The van der Waals surface area contributed by atoms with E-state index >= 15 is 0 Å². The molecule has 1 aromatic heterocycles. The number of esters is 1. The molecule has 5 nitrogen and oxygen atoms in total. The van der Waals surface area contributed by atoms with Gasteiger partial charge in [0.2, 0.25) is 5.91 Å². The van der Waals surface area contributed by atoms with E-state index in [1.165, 1.54) is 26.0 Å². The number of benzene rings is 1. The van der Waals surface area contributed by atoms with Crippen molar-refractivity contribution < 1.29 is 23.1 Å². The predicted molar refractivity (Wildman–Crippen MR) is 85.0 cm³/mol. The van der Waals surface area contributed by atoms with Crippen molar-refractivity contribution in [2.24, 2.45) is 0 Å². The van der Waals surface area contributed by atoms with Crippen molar-refractivity contribution in [3.63, 3.8) is 0 Å². The van der Waals surface area contributed by atoms with Gasteiger partial charge < -0.3 is 10.1 Å². The molecule has 126 valence electrons. The Morgan fingerprint density at radius 1 is 1.29 bits per heavy atom. The molecule has 0 aliphatic rings. The molecular weight excluding hydrogens is 342 g/mol. The summed E-state index contributed by atoms with van der Waals surface area (Å²) in [5, 5.41) is 2.29. The summed E-state index contributed by atoms with van der Waals surface area (Å²) < 4.78 is 32.4. The summed E-state index contributed by atoms with van der Waals surface area (Å²) >= 11 is 6.05. The smallest absolute Gasteiger partial charge is 0.358 e. The molecule has 2 rings (SSSR count). The number of carbonyl (C=O) groups is 2. The Morgan fingerprint density at radius 2 is 1.96 bits per heavy atom. The Labute approximate surface area is 141 Å². The molecule has 0 unspecified atom stereocenters. The lowest BCUT2D eigenvalue weighted by Crippen LogP contribution is -2.12. The highest BCUT2D eigenvalue weighted by Gasteiger charge is 2.21. The number of nitrogens with one attached hydrogen (secondary N) is 1. The monoisotopic (exact) mass is 354 g/mol. The van der Waals surface area contributed by atoms with E-state index in [1.54, 1.807) is 0 Å². The van der Waals surface area contributed by atoms with E-state index in [2.05, 4.69) is 15.0 Å². The Kier molecular flexibility index (Phi) is 5.14. The quantitative estimate of drug-likeness (QED) is 0.853. The van der Waals surface area contributed by atoms with Gasteiger partial charge in [-0.25, -0.2) is 18.6 Å². The zero-order chi connectivity index (χ0) is 18.0. The second-order valence-electron chi connectivity index (χ2n) is 4.92. The number of rotatable bonds is 3. The maximum Gasteiger partial charge on any atom is 0.358 e. The minimum atomic E-state index is -0.854. The SMILES string of the molecule is COC(=O)c1nc(-c2ccc(F)c(C)c2F)cc(NC(C)=O)c1Cl. The molecule has 0 atom stereocenters. The van der Waals surface area contributed by atoms with Crippen molar-refractivity contribution in [1.82, 2.24) is 4.98 Å². The van der Waals surface area contributed by atoms with Crippen molar-refractivity contribution in [2.75, 3.05) is 12.4 Å². The van der Waals surface area contributed by atoms with Crippen molar-refractivity contribution in [3.8, 4) is 11.3 Å². The number of aromatic nitrogens is 1. The van der Waals surface area contributed by atoms with Gasteiger partial charge in [0.05, 0.1) is 23.5 Å². The number of hydrogen-bond donors (Lipinski definition) is 1. The highest BCUT2D eigenvalue weighted by Crippen LogP contribution is 2.32. The van der Waals surface area contributed by atoms with Crippen LogP contribution in [0.5, 0.6) is 0 Å². The van der Waals surface area contributed by atoms with Crippen LogP contribution in [0.4, 0.5) is 14.5 Å². The zero-order valence-electron chi connectivity index (χ0n) is 13.0. The lowest BCUT2D eigenvalue weighted by molar-refractivity contribution is -0.114. The number of ether oxygens (including phenoxy) is 1. The highest BCUT2D eigenvalue weighted by atomic mass is 35.5. The number of carbonyl (C=O) groups excluding carboxylic acids is 2. The summed E-state index contributed by atoms with van der Waals surface area (Å²) in [5.41, 5.74) is -0.450. The molecule has 24 heavy (non-hydrogen) atoms. The van der Waals surface area contributed by atoms with Crippen LogP contribution in [0.15, 0.2) is 18.2 Å². The van der Waals surface area contributed by atoms with Gasteiger partial charge in [-0.1, -0.05) is 11.6 Å². The van der Waals surface area contributed by atoms with Crippen LogP contribution in [-0.2, 0) is 9.53 Å². The number of amides is 1. The standard InChI is InChI=1S/C16H13ClF2N2O3/c1-7-10(18)5-4-9(14(7)19)11-6-12(20-8(2)22)13(17)15(21-11)16(23)24-3/h4-6H,1-3H3,(H,20,21,22). The molecule has 8 heteroatoms. The molecule has 0 saturated carbocycles. The second-order valence-corrected chi connectivity index (χ2v) is 5.30. The topological polar surface area (TPSA) is 68.3 Å². The molecule has 0 aliphatic heterocycles. The normalized spacial score (nSPS) is 10.4. The van der Waals surface area contributed by atoms with E-state index in [0.717, 1.165) is 13.2 Å². The van der Waals surface area contributed by atoms with E-state index in [-0.39, 0.29) is 33.2 Å². The van der Waals surface area contributed by atoms with Gasteiger partial charge in [0.1, 0.15) is 11.6 Å². The summed E-state index contributed by atoms with van der Waals surface area (Å²) in [6.45, 7) is 2.52.